The van der Waals surface area contributed by atoms with Crippen molar-refractivity contribution in [2.75, 3.05) is 40.5 Å². The molecule has 0 aromatic heterocycles. The number of ether oxygens (including phenoxy) is 2. The smallest absolute Gasteiger partial charge is 0.105 e. The molecular formula is C15H29N3O2. The second-order valence-electron chi connectivity index (χ2n) is 5.95. The number of methoxy groups -OCH3 is 2. The van der Waals surface area contributed by atoms with E-state index in [0.717, 1.165) is 19.5 Å². The average Bonchev–Trinajstić information content (AvgIpc) is 3.23. The minimum absolute atomic E-state index is 0.332. The molecule has 0 spiro atoms. The van der Waals surface area contributed by atoms with Gasteiger partial charge in [0.2, 0.25) is 0 Å². The lowest BCUT2D eigenvalue weighted by Gasteiger charge is -2.32. The zero-order chi connectivity index (χ0) is 15.0. The summed E-state index contributed by atoms with van der Waals surface area (Å²) in [7, 11) is 3.44. The Morgan fingerprint density at radius 1 is 1.35 bits per heavy atom. The molecule has 2 unspecified atom stereocenters. The lowest BCUT2D eigenvalue weighted by atomic mass is 9.99. The van der Waals surface area contributed by atoms with Gasteiger partial charge in [-0.25, -0.2) is 0 Å². The molecule has 20 heavy (non-hydrogen) atoms. The third-order valence-electron chi connectivity index (χ3n) is 3.86. The molecule has 1 fully saturated rings. The predicted molar refractivity (Wildman–Crippen MR) is 79.6 cm³/mol. The van der Waals surface area contributed by atoms with Crippen LogP contribution in [0.25, 0.3) is 0 Å². The van der Waals surface area contributed by atoms with Crippen LogP contribution in [0.2, 0.25) is 0 Å². The molecule has 0 bridgehead atoms. The molecule has 0 aliphatic heterocycles. The van der Waals surface area contributed by atoms with Gasteiger partial charge in [0.15, 0.2) is 0 Å². The molecule has 5 heteroatoms. The van der Waals surface area contributed by atoms with Crippen molar-refractivity contribution in [2.24, 2.45) is 0 Å². The highest BCUT2D eigenvalue weighted by Crippen LogP contribution is 2.24. The molecule has 0 saturated heterocycles. The molecule has 1 aliphatic rings. The van der Waals surface area contributed by atoms with E-state index in [9.17, 15) is 5.26 Å². The number of hydrogen-bond acceptors (Lipinski definition) is 5. The van der Waals surface area contributed by atoms with E-state index in [0.29, 0.717) is 25.3 Å². The highest BCUT2D eigenvalue weighted by Gasteiger charge is 2.32. The zero-order valence-electron chi connectivity index (χ0n) is 13.3. The van der Waals surface area contributed by atoms with Gasteiger partial charge in [-0.2, -0.15) is 5.26 Å². The molecule has 1 aliphatic carbocycles. The molecule has 0 amide bonds. The van der Waals surface area contributed by atoms with Crippen LogP contribution in [0.5, 0.6) is 0 Å². The van der Waals surface area contributed by atoms with E-state index in [2.05, 4.69) is 23.2 Å². The summed E-state index contributed by atoms with van der Waals surface area (Å²) in [6.07, 6.45) is 3.22. The second kappa shape index (κ2) is 8.58. The van der Waals surface area contributed by atoms with E-state index in [1.165, 1.54) is 12.8 Å². The third kappa shape index (κ3) is 6.19. The largest absolute Gasteiger partial charge is 0.383 e. The minimum Gasteiger partial charge on any atom is -0.383 e. The fourth-order valence-corrected chi connectivity index (χ4v) is 2.31. The molecule has 1 saturated carbocycles. The van der Waals surface area contributed by atoms with Crippen LogP contribution in [0.4, 0.5) is 0 Å². The Balaban J connectivity index is 2.47. The Bertz CT molecular complexity index is 315. The van der Waals surface area contributed by atoms with Crippen LogP contribution >= 0.6 is 0 Å². The zero-order valence-corrected chi connectivity index (χ0v) is 13.3. The van der Waals surface area contributed by atoms with E-state index in [1.54, 1.807) is 14.2 Å². The van der Waals surface area contributed by atoms with Crippen molar-refractivity contribution >= 4 is 0 Å². The molecule has 2 atom stereocenters. The molecule has 116 valence electrons. The van der Waals surface area contributed by atoms with E-state index < -0.39 is 5.54 Å². The van der Waals surface area contributed by atoms with Gasteiger partial charge in [0.25, 0.3) is 0 Å². The molecule has 0 aromatic rings. The van der Waals surface area contributed by atoms with Gasteiger partial charge in [0, 0.05) is 39.4 Å². The first kappa shape index (κ1) is 17.4. The van der Waals surface area contributed by atoms with E-state index in [1.807, 2.05) is 6.92 Å². The normalized spacial score (nSPS) is 19.6. The van der Waals surface area contributed by atoms with Crippen molar-refractivity contribution in [3.63, 3.8) is 0 Å². The Morgan fingerprint density at radius 3 is 2.55 bits per heavy atom. The molecule has 0 radical (unpaired) electrons. The average molecular weight is 283 g/mol. The number of nitrogens with zero attached hydrogens (tertiary/aromatic N) is 2. The van der Waals surface area contributed by atoms with Crippen LogP contribution in [-0.2, 0) is 9.47 Å². The maximum absolute atomic E-state index is 9.41. The summed E-state index contributed by atoms with van der Waals surface area (Å²) in [6, 6.07) is 3.31. The van der Waals surface area contributed by atoms with Crippen molar-refractivity contribution in [2.45, 2.75) is 50.7 Å². The molecular weight excluding hydrogens is 254 g/mol. The first-order valence-electron chi connectivity index (χ1n) is 7.45. The van der Waals surface area contributed by atoms with Crippen LogP contribution in [0.15, 0.2) is 0 Å². The topological polar surface area (TPSA) is 57.5 Å². The van der Waals surface area contributed by atoms with Crippen molar-refractivity contribution < 1.29 is 9.47 Å². The van der Waals surface area contributed by atoms with Crippen LogP contribution in [0.3, 0.4) is 0 Å². The molecule has 0 aromatic carbocycles. The predicted octanol–water partition coefficient (Wildman–Crippen LogP) is 1.39. The van der Waals surface area contributed by atoms with Gasteiger partial charge < -0.3 is 9.47 Å². The summed E-state index contributed by atoms with van der Waals surface area (Å²) in [4.78, 5) is 2.33. The van der Waals surface area contributed by atoms with E-state index >= 15 is 0 Å². The number of nitrogens with one attached hydrogen (secondary N) is 1. The van der Waals surface area contributed by atoms with Crippen molar-refractivity contribution in [1.82, 2.24) is 10.2 Å². The van der Waals surface area contributed by atoms with E-state index in [4.69, 9.17) is 9.47 Å². The summed E-state index contributed by atoms with van der Waals surface area (Å²) in [5.74, 6) is 0. The van der Waals surface area contributed by atoms with Gasteiger partial charge >= 0.3 is 0 Å². The van der Waals surface area contributed by atoms with Gasteiger partial charge in [-0.15, -0.1) is 0 Å². The van der Waals surface area contributed by atoms with Crippen LogP contribution in [-0.4, -0.2) is 63.0 Å². The summed E-state index contributed by atoms with van der Waals surface area (Å²) in [5, 5.41) is 12.9. The molecule has 5 nitrogen and oxygen atoms in total. The first-order valence-corrected chi connectivity index (χ1v) is 7.45. The highest BCUT2D eigenvalue weighted by atomic mass is 16.5. The number of hydrogen-bond donors (Lipinski definition) is 1. The third-order valence-corrected chi connectivity index (χ3v) is 3.86. The lowest BCUT2D eigenvalue weighted by Crippen LogP contribution is -2.47. The fraction of sp³-hybridized carbons (Fsp3) is 0.933. The summed E-state index contributed by atoms with van der Waals surface area (Å²) >= 11 is 0. The maximum atomic E-state index is 9.41. The van der Waals surface area contributed by atoms with Gasteiger partial charge in [0.1, 0.15) is 5.54 Å². The van der Waals surface area contributed by atoms with Gasteiger partial charge in [0.05, 0.1) is 19.3 Å². The Hall–Kier alpha value is -0.670. The molecule has 0 heterocycles. The second-order valence-corrected chi connectivity index (χ2v) is 5.95. The van der Waals surface area contributed by atoms with Crippen molar-refractivity contribution in [3.05, 3.63) is 0 Å². The monoisotopic (exact) mass is 283 g/mol. The van der Waals surface area contributed by atoms with Crippen LogP contribution < -0.4 is 5.32 Å². The summed E-state index contributed by atoms with van der Waals surface area (Å²) in [6.45, 7) is 7.29. The standard InChI is InChI=1S/C15H29N3O2/c1-13(11-20-4)18(9-10-19-3)8-7-15(2,12-16)17-14-5-6-14/h13-14,17H,5-11H2,1-4H3. The van der Waals surface area contributed by atoms with Gasteiger partial charge in [-0.3, -0.25) is 10.2 Å². The lowest BCUT2D eigenvalue weighted by molar-refractivity contribution is 0.0709. The van der Waals surface area contributed by atoms with Gasteiger partial charge in [-0.05, 0) is 33.1 Å². The summed E-state index contributed by atoms with van der Waals surface area (Å²) < 4.78 is 10.4. The number of nitriles is 1. The van der Waals surface area contributed by atoms with Crippen LogP contribution in [0, 0.1) is 11.3 Å². The first-order chi connectivity index (χ1) is 9.54. The van der Waals surface area contributed by atoms with Crippen LogP contribution in [0.1, 0.15) is 33.1 Å². The Labute approximate surface area is 123 Å². The van der Waals surface area contributed by atoms with Crippen molar-refractivity contribution in [1.29, 1.82) is 5.26 Å². The SMILES string of the molecule is COCCN(CCC(C)(C#N)NC1CC1)C(C)COC. The van der Waals surface area contributed by atoms with Gasteiger partial charge in [-0.1, -0.05) is 0 Å². The quantitative estimate of drug-likeness (QED) is 0.621. The minimum atomic E-state index is -0.431. The summed E-state index contributed by atoms with van der Waals surface area (Å²) in [5.41, 5.74) is -0.431. The molecule has 1 N–H and O–H groups in total. The Kier molecular flexibility index (Phi) is 7.46. The number of rotatable bonds is 11. The van der Waals surface area contributed by atoms with Crippen molar-refractivity contribution in [3.8, 4) is 6.07 Å². The molecule has 1 rings (SSSR count). The Morgan fingerprint density at radius 2 is 2.05 bits per heavy atom. The highest BCUT2D eigenvalue weighted by molar-refractivity contribution is 5.07. The fourth-order valence-electron chi connectivity index (χ4n) is 2.31. The van der Waals surface area contributed by atoms with E-state index in [-0.39, 0.29) is 0 Å². The maximum Gasteiger partial charge on any atom is 0.105 e.